The number of halogens is 3. The van der Waals surface area contributed by atoms with Gasteiger partial charge in [-0.3, -0.25) is 4.68 Å². The number of nitrogens with zero attached hydrogens (tertiary/aromatic N) is 3. The number of benzene rings is 1. The third-order valence-electron chi connectivity index (χ3n) is 3.04. The van der Waals surface area contributed by atoms with Crippen LogP contribution in [0.15, 0.2) is 41.1 Å². The van der Waals surface area contributed by atoms with Crippen LogP contribution in [0.2, 0.25) is 0 Å². The van der Waals surface area contributed by atoms with Crippen LogP contribution in [-0.4, -0.2) is 20.9 Å². The van der Waals surface area contributed by atoms with Crippen LogP contribution < -0.4 is 5.32 Å². The smallest absolute Gasteiger partial charge is 0.408 e. The van der Waals surface area contributed by atoms with E-state index in [1.165, 1.54) is 12.4 Å². The molecule has 3 aromatic rings. The lowest BCUT2D eigenvalue weighted by Gasteiger charge is -2.09. The summed E-state index contributed by atoms with van der Waals surface area (Å²) in [7, 11) is 0. The average molecular weight is 310 g/mol. The predicted octanol–water partition coefficient (Wildman–Crippen LogP) is 3.76. The van der Waals surface area contributed by atoms with E-state index in [-0.39, 0.29) is 6.04 Å². The topological polar surface area (TPSA) is 55.9 Å². The summed E-state index contributed by atoms with van der Waals surface area (Å²) in [5.41, 5.74) is 1.87. The van der Waals surface area contributed by atoms with E-state index in [0.29, 0.717) is 17.2 Å². The first kappa shape index (κ1) is 14.4. The number of para-hydroxylation sites is 2. The maximum atomic E-state index is 12.3. The van der Waals surface area contributed by atoms with Gasteiger partial charge in [-0.2, -0.15) is 18.3 Å². The first-order valence-electron chi connectivity index (χ1n) is 6.62. The number of alkyl halides is 3. The first-order valence-corrected chi connectivity index (χ1v) is 6.62. The Morgan fingerprint density at radius 2 is 2.09 bits per heavy atom. The molecule has 0 aliphatic carbocycles. The third kappa shape index (κ3) is 3.21. The SMILES string of the molecule is C[C@H](Nc1cnn(CC(F)(F)F)c1)c1nc2ccccc2o1. The maximum absolute atomic E-state index is 12.3. The van der Waals surface area contributed by atoms with Crippen molar-refractivity contribution >= 4 is 16.8 Å². The van der Waals surface area contributed by atoms with Crippen LogP contribution in [0.25, 0.3) is 11.1 Å². The van der Waals surface area contributed by atoms with Gasteiger partial charge in [-0.05, 0) is 19.1 Å². The summed E-state index contributed by atoms with van der Waals surface area (Å²) < 4.78 is 43.3. The molecule has 1 atom stereocenters. The highest BCUT2D eigenvalue weighted by Gasteiger charge is 2.28. The minimum Gasteiger partial charge on any atom is -0.438 e. The molecule has 8 heteroatoms. The summed E-state index contributed by atoms with van der Waals surface area (Å²) in [4.78, 5) is 4.34. The van der Waals surface area contributed by atoms with Crippen molar-refractivity contribution in [2.45, 2.75) is 25.7 Å². The van der Waals surface area contributed by atoms with Gasteiger partial charge in [-0.25, -0.2) is 4.98 Å². The molecule has 1 aromatic carbocycles. The van der Waals surface area contributed by atoms with Gasteiger partial charge in [-0.15, -0.1) is 0 Å². The molecule has 0 radical (unpaired) electrons. The maximum Gasteiger partial charge on any atom is 0.408 e. The van der Waals surface area contributed by atoms with Crippen LogP contribution >= 0.6 is 0 Å². The van der Waals surface area contributed by atoms with Gasteiger partial charge in [0, 0.05) is 6.20 Å². The van der Waals surface area contributed by atoms with Gasteiger partial charge in [0.2, 0.25) is 5.89 Å². The normalized spacial score (nSPS) is 13.5. The number of rotatable bonds is 4. The van der Waals surface area contributed by atoms with Crippen LogP contribution in [0.1, 0.15) is 18.9 Å². The Bertz CT molecular complexity index is 745. The zero-order valence-corrected chi connectivity index (χ0v) is 11.6. The molecule has 0 saturated carbocycles. The van der Waals surface area contributed by atoms with Gasteiger partial charge in [0.15, 0.2) is 5.58 Å². The van der Waals surface area contributed by atoms with Crippen LogP contribution in [0.5, 0.6) is 0 Å². The lowest BCUT2D eigenvalue weighted by Crippen LogP contribution is -2.17. The lowest BCUT2D eigenvalue weighted by atomic mass is 10.3. The second-order valence-corrected chi connectivity index (χ2v) is 4.93. The molecule has 0 spiro atoms. The Morgan fingerprint density at radius 3 is 2.82 bits per heavy atom. The third-order valence-corrected chi connectivity index (χ3v) is 3.04. The first-order chi connectivity index (χ1) is 10.4. The van der Waals surface area contributed by atoms with Gasteiger partial charge >= 0.3 is 6.18 Å². The molecule has 22 heavy (non-hydrogen) atoms. The standard InChI is InChI=1S/C14H13F3N4O/c1-9(13-20-11-4-2-3-5-12(11)22-13)19-10-6-18-21(7-10)8-14(15,16)17/h2-7,9,19H,8H2,1H3/t9-/m0/s1. The van der Waals surface area contributed by atoms with E-state index in [2.05, 4.69) is 15.4 Å². The molecule has 0 amide bonds. The van der Waals surface area contributed by atoms with Crippen molar-refractivity contribution in [1.29, 1.82) is 0 Å². The minimum absolute atomic E-state index is 0.295. The van der Waals surface area contributed by atoms with E-state index in [1.807, 2.05) is 25.1 Å². The molecule has 0 bridgehead atoms. The van der Waals surface area contributed by atoms with Crippen molar-refractivity contribution in [2.75, 3.05) is 5.32 Å². The number of hydrogen-bond donors (Lipinski definition) is 1. The summed E-state index contributed by atoms with van der Waals surface area (Å²) in [5, 5.41) is 6.69. The molecule has 0 saturated heterocycles. The second kappa shape index (κ2) is 5.36. The second-order valence-electron chi connectivity index (χ2n) is 4.93. The molecule has 2 aromatic heterocycles. The van der Waals surface area contributed by atoms with Crippen LogP contribution in [0.3, 0.4) is 0 Å². The van der Waals surface area contributed by atoms with Crippen molar-refractivity contribution in [3.05, 3.63) is 42.5 Å². The molecule has 0 aliphatic rings. The highest BCUT2D eigenvalue weighted by Crippen LogP contribution is 2.23. The van der Waals surface area contributed by atoms with E-state index < -0.39 is 12.7 Å². The van der Waals surface area contributed by atoms with Gasteiger partial charge in [0.1, 0.15) is 18.1 Å². The number of fused-ring (bicyclic) bond motifs is 1. The van der Waals surface area contributed by atoms with Crippen molar-refractivity contribution in [3.8, 4) is 0 Å². The average Bonchev–Trinajstić information content (AvgIpc) is 3.03. The number of oxazole rings is 1. The number of nitrogens with one attached hydrogen (secondary N) is 1. The zero-order chi connectivity index (χ0) is 15.7. The molecule has 1 N–H and O–H groups in total. The molecular weight excluding hydrogens is 297 g/mol. The molecular formula is C14H13F3N4O. The lowest BCUT2D eigenvalue weighted by molar-refractivity contribution is -0.142. The van der Waals surface area contributed by atoms with E-state index in [4.69, 9.17) is 4.42 Å². The van der Waals surface area contributed by atoms with Crippen LogP contribution in [0, 0.1) is 0 Å². The van der Waals surface area contributed by atoms with Crippen LogP contribution in [-0.2, 0) is 6.54 Å². The van der Waals surface area contributed by atoms with E-state index in [1.54, 1.807) is 6.07 Å². The predicted molar refractivity (Wildman–Crippen MR) is 74.3 cm³/mol. The molecule has 0 fully saturated rings. The number of aromatic nitrogens is 3. The summed E-state index contributed by atoms with van der Waals surface area (Å²) >= 11 is 0. The summed E-state index contributed by atoms with van der Waals surface area (Å²) in [6.45, 7) is 0.692. The molecule has 0 unspecified atom stereocenters. The Labute approximate surface area is 123 Å². The fourth-order valence-electron chi connectivity index (χ4n) is 2.10. The Balaban J connectivity index is 1.72. The van der Waals surface area contributed by atoms with E-state index in [0.717, 1.165) is 10.2 Å². The number of hydrogen-bond acceptors (Lipinski definition) is 4. The van der Waals surface area contributed by atoms with Crippen molar-refractivity contribution < 1.29 is 17.6 Å². The van der Waals surface area contributed by atoms with Crippen molar-refractivity contribution in [2.24, 2.45) is 0 Å². The molecule has 5 nitrogen and oxygen atoms in total. The van der Waals surface area contributed by atoms with Crippen molar-refractivity contribution in [1.82, 2.24) is 14.8 Å². The van der Waals surface area contributed by atoms with Gasteiger partial charge in [0.05, 0.1) is 11.9 Å². The molecule has 2 heterocycles. The Hall–Kier alpha value is -2.51. The van der Waals surface area contributed by atoms with E-state index >= 15 is 0 Å². The van der Waals surface area contributed by atoms with Gasteiger partial charge < -0.3 is 9.73 Å². The highest BCUT2D eigenvalue weighted by molar-refractivity contribution is 5.72. The Kier molecular flexibility index (Phi) is 3.51. The highest BCUT2D eigenvalue weighted by atomic mass is 19.4. The van der Waals surface area contributed by atoms with Crippen molar-refractivity contribution in [3.63, 3.8) is 0 Å². The van der Waals surface area contributed by atoms with E-state index in [9.17, 15) is 13.2 Å². The zero-order valence-electron chi connectivity index (χ0n) is 11.6. The van der Waals surface area contributed by atoms with Gasteiger partial charge in [-0.1, -0.05) is 12.1 Å². The van der Waals surface area contributed by atoms with Gasteiger partial charge in [0.25, 0.3) is 0 Å². The molecule has 3 rings (SSSR count). The monoisotopic (exact) mass is 310 g/mol. The summed E-state index contributed by atoms with van der Waals surface area (Å²) in [6, 6.07) is 7.04. The minimum atomic E-state index is -4.30. The largest absolute Gasteiger partial charge is 0.438 e. The summed E-state index contributed by atoms with van der Waals surface area (Å²) in [6.07, 6.45) is -1.66. The quantitative estimate of drug-likeness (QED) is 0.797. The fraction of sp³-hybridized carbons (Fsp3) is 0.286. The molecule has 0 aliphatic heterocycles. The molecule has 116 valence electrons. The summed E-state index contributed by atoms with van der Waals surface area (Å²) in [5.74, 6) is 0.463. The van der Waals surface area contributed by atoms with Crippen LogP contribution in [0.4, 0.5) is 18.9 Å². The number of anilines is 1. The Morgan fingerprint density at radius 1 is 1.32 bits per heavy atom. The fourth-order valence-corrected chi connectivity index (χ4v) is 2.10.